The monoisotopic (exact) mass is 268 g/mol. The van der Waals surface area contributed by atoms with Crippen LogP contribution in [0.3, 0.4) is 0 Å². The van der Waals surface area contributed by atoms with Crippen LogP contribution in [0.4, 0.5) is 0 Å². The molecule has 0 saturated carbocycles. The highest BCUT2D eigenvalue weighted by Gasteiger charge is 1.96. The maximum Gasteiger partial charge on any atom is 0.119 e. The van der Waals surface area contributed by atoms with E-state index >= 15 is 0 Å². The minimum atomic E-state index is 0.232. The van der Waals surface area contributed by atoms with E-state index in [0.29, 0.717) is 0 Å². The standard InChI is InChI=1S/C13H17BrO/c1-10(2)15-13-6-4-12(5-7-13)8-11(3)9-14/h4-8,10H,9H2,1-3H3. The summed E-state index contributed by atoms with van der Waals surface area (Å²) in [6.45, 7) is 6.17. The second-order valence-corrected chi connectivity index (χ2v) is 4.42. The molecule has 1 nitrogen and oxygen atoms in total. The van der Waals surface area contributed by atoms with Gasteiger partial charge in [-0.2, -0.15) is 0 Å². The van der Waals surface area contributed by atoms with E-state index in [9.17, 15) is 0 Å². The molecule has 82 valence electrons. The van der Waals surface area contributed by atoms with Gasteiger partial charge in [0.15, 0.2) is 0 Å². The summed E-state index contributed by atoms with van der Waals surface area (Å²) in [5.74, 6) is 0.929. The molecule has 0 heterocycles. The number of hydrogen-bond acceptors (Lipinski definition) is 1. The summed E-state index contributed by atoms with van der Waals surface area (Å²) in [6.07, 6.45) is 2.39. The SMILES string of the molecule is CC(=Cc1ccc(OC(C)C)cc1)CBr. The minimum absolute atomic E-state index is 0.232. The Morgan fingerprint density at radius 2 is 1.93 bits per heavy atom. The fourth-order valence-electron chi connectivity index (χ4n) is 1.24. The summed E-state index contributed by atoms with van der Waals surface area (Å²) in [5.41, 5.74) is 2.52. The van der Waals surface area contributed by atoms with Crippen molar-refractivity contribution < 1.29 is 4.74 Å². The van der Waals surface area contributed by atoms with Crippen LogP contribution in [0.1, 0.15) is 26.3 Å². The quantitative estimate of drug-likeness (QED) is 0.741. The summed E-state index contributed by atoms with van der Waals surface area (Å²) in [6, 6.07) is 8.16. The molecule has 1 aromatic carbocycles. The van der Waals surface area contributed by atoms with Crippen molar-refractivity contribution in [3.05, 3.63) is 35.4 Å². The lowest BCUT2D eigenvalue weighted by molar-refractivity contribution is 0.242. The summed E-state index contributed by atoms with van der Waals surface area (Å²) >= 11 is 3.43. The smallest absolute Gasteiger partial charge is 0.119 e. The van der Waals surface area contributed by atoms with Gasteiger partial charge in [-0.25, -0.2) is 0 Å². The van der Waals surface area contributed by atoms with Crippen molar-refractivity contribution in [2.45, 2.75) is 26.9 Å². The predicted octanol–water partition coefficient (Wildman–Crippen LogP) is 4.27. The molecule has 0 aliphatic heterocycles. The van der Waals surface area contributed by atoms with Crippen molar-refractivity contribution in [3.63, 3.8) is 0 Å². The van der Waals surface area contributed by atoms with Gasteiger partial charge in [-0.15, -0.1) is 0 Å². The molecule has 0 aliphatic rings. The third kappa shape index (κ3) is 4.52. The van der Waals surface area contributed by atoms with E-state index in [1.54, 1.807) is 0 Å². The molecule has 0 radical (unpaired) electrons. The van der Waals surface area contributed by atoms with Gasteiger partial charge < -0.3 is 4.74 Å². The molecule has 0 aromatic heterocycles. The number of halogens is 1. The molecule has 0 saturated heterocycles. The summed E-state index contributed by atoms with van der Waals surface area (Å²) in [4.78, 5) is 0. The molecule has 1 rings (SSSR count). The maximum atomic E-state index is 5.57. The second kappa shape index (κ2) is 5.96. The normalized spacial score (nSPS) is 11.9. The minimum Gasteiger partial charge on any atom is -0.491 e. The van der Waals surface area contributed by atoms with E-state index in [0.717, 1.165) is 11.1 Å². The molecule has 15 heavy (non-hydrogen) atoms. The van der Waals surface area contributed by atoms with E-state index in [2.05, 4.69) is 41.1 Å². The molecule has 0 amide bonds. The Kier molecular flexibility index (Phi) is 4.89. The van der Waals surface area contributed by atoms with Gasteiger partial charge in [-0.3, -0.25) is 0 Å². The Morgan fingerprint density at radius 1 is 1.33 bits per heavy atom. The Hall–Kier alpha value is -0.760. The second-order valence-electron chi connectivity index (χ2n) is 3.86. The van der Waals surface area contributed by atoms with Crippen LogP contribution in [0.5, 0.6) is 5.75 Å². The predicted molar refractivity (Wildman–Crippen MR) is 69.7 cm³/mol. The van der Waals surface area contributed by atoms with E-state index in [1.807, 2.05) is 26.0 Å². The van der Waals surface area contributed by atoms with Gasteiger partial charge in [-0.1, -0.05) is 39.7 Å². The molecule has 0 bridgehead atoms. The van der Waals surface area contributed by atoms with E-state index in [-0.39, 0.29) is 6.10 Å². The van der Waals surface area contributed by atoms with Gasteiger partial charge in [0.1, 0.15) is 5.75 Å². The first-order valence-electron chi connectivity index (χ1n) is 5.11. The zero-order valence-electron chi connectivity index (χ0n) is 9.46. The van der Waals surface area contributed by atoms with Gasteiger partial charge in [0.25, 0.3) is 0 Å². The first-order valence-corrected chi connectivity index (χ1v) is 6.24. The Bertz CT molecular complexity index is 325. The van der Waals surface area contributed by atoms with Crippen LogP contribution >= 0.6 is 15.9 Å². The van der Waals surface area contributed by atoms with E-state index in [4.69, 9.17) is 4.74 Å². The highest BCUT2D eigenvalue weighted by Crippen LogP contribution is 2.16. The molecular formula is C13H17BrO. The highest BCUT2D eigenvalue weighted by molar-refractivity contribution is 9.09. The third-order valence-corrected chi connectivity index (χ3v) is 2.76. The van der Waals surface area contributed by atoms with Gasteiger partial charge >= 0.3 is 0 Å². The number of hydrogen-bond donors (Lipinski definition) is 0. The Labute approximate surface area is 100 Å². The molecule has 0 unspecified atom stereocenters. The van der Waals surface area contributed by atoms with Crippen molar-refractivity contribution in [1.82, 2.24) is 0 Å². The van der Waals surface area contributed by atoms with E-state index < -0.39 is 0 Å². The largest absolute Gasteiger partial charge is 0.491 e. The molecule has 0 aliphatic carbocycles. The average Bonchev–Trinajstić information content (AvgIpc) is 2.20. The van der Waals surface area contributed by atoms with E-state index in [1.165, 1.54) is 11.1 Å². The molecule has 1 aromatic rings. The topological polar surface area (TPSA) is 9.23 Å². The molecule has 0 atom stereocenters. The number of rotatable bonds is 4. The zero-order valence-corrected chi connectivity index (χ0v) is 11.0. The van der Waals surface area contributed by atoms with Crippen LogP contribution in [0.2, 0.25) is 0 Å². The van der Waals surface area contributed by atoms with Gasteiger partial charge in [-0.05, 0) is 38.5 Å². The third-order valence-electron chi connectivity index (χ3n) is 1.88. The van der Waals surface area contributed by atoms with Crippen molar-refractivity contribution in [2.75, 3.05) is 5.33 Å². The first-order chi connectivity index (χ1) is 7.11. The fourth-order valence-corrected chi connectivity index (χ4v) is 1.40. The summed E-state index contributed by atoms with van der Waals surface area (Å²) in [5, 5.41) is 0.914. The first kappa shape index (κ1) is 12.3. The molecule has 0 N–H and O–H groups in total. The fraction of sp³-hybridized carbons (Fsp3) is 0.385. The Morgan fingerprint density at radius 3 is 2.40 bits per heavy atom. The van der Waals surface area contributed by atoms with Gasteiger partial charge in [0, 0.05) is 5.33 Å². The number of ether oxygens (including phenoxy) is 1. The van der Waals surface area contributed by atoms with Crippen LogP contribution in [0.15, 0.2) is 29.8 Å². The highest BCUT2D eigenvalue weighted by atomic mass is 79.9. The summed E-state index contributed by atoms with van der Waals surface area (Å²) in [7, 11) is 0. The zero-order chi connectivity index (χ0) is 11.3. The average molecular weight is 269 g/mol. The number of benzene rings is 1. The number of allylic oxidation sites excluding steroid dienone is 1. The van der Waals surface area contributed by atoms with Crippen LogP contribution in [-0.2, 0) is 0 Å². The lowest BCUT2D eigenvalue weighted by Crippen LogP contribution is -2.05. The molecule has 2 heteroatoms. The lowest BCUT2D eigenvalue weighted by Gasteiger charge is -2.09. The lowest BCUT2D eigenvalue weighted by atomic mass is 10.1. The van der Waals surface area contributed by atoms with Crippen LogP contribution < -0.4 is 4.74 Å². The van der Waals surface area contributed by atoms with Crippen LogP contribution in [-0.4, -0.2) is 11.4 Å². The van der Waals surface area contributed by atoms with Crippen molar-refractivity contribution in [3.8, 4) is 5.75 Å². The Balaban J connectivity index is 2.72. The van der Waals surface area contributed by atoms with Crippen LogP contribution in [0, 0.1) is 0 Å². The maximum absolute atomic E-state index is 5.57. The molecule has 0 fully saturated rings. The number of alkyl halides is 1. The molecule has 0 spiro atoms. The van der Waals surface area contributed by atoms with Crippen molar-refractivity contribution >= 4 is 22.0 Å². The summed E-state index contributed by atoms with van der Waals surface area (Å²) < 4.78 is 5.57. The van der Waals surface area contributed by atoms with Gasteiger partial charge in [0.2, 0.25) is 0 Å². The van der Waals surface area contributed by atoms with Crippen LogP contribution in [0.25, 0.3) is 6.08 Å². The molecular weight excluding hydrogens is 252 g/mol. The van der Waals surface area contributed by atoms with Crippen molar-refractivity contribution in [1.29, 1.82) is 0 Å². The van der Waals surface area contributed by atoms with Gasteiger partial charge in [0.05, 0.1) is 6.10 Å². The van der Waals surface area contributed by atoms with Crippen molar-refractivity contribution in [2.24, 2.45) is 0 Å².